The molecule has 2 nitrogen and oxygen atoms in total. The Balaban J connectivity index is -0.00000150. The zero-order chi connectivity index (χ0) is 22.8. The van der Waals surface area contributed by atoms with Gasteiger partial charge in [-0.2, -0.15) is 0 Å². The van der Waals surface area contributed by atoms with Gasteiger partial charge in [-0.15, -0.1) is 37.2 Å². The molecule has 0 aliphatic heterocycles. The van der Waals surface area contributed by atoms with E-state index in [0.717, 1.165) is 13.1 Å². The lowest BCUT2D eigenvalue weighted by molar-refractivity contribution is -0.131. The number of amides is 1. The number of rotatable bonds is 25. The van der Waals surface area contributed by atoms with Gasteiger partial charge in [0, 0.05) is 19.5 Å². The van der Waals surface area contributed by atoms with Crippen LogP contribution in [0.3, 0.4) is 0 Å². The van der Waals surface area contributed by atoms with Crippen molar-refractivity contribution < 1.29 is 4.79 Å². The van der Waals surface area contributed by atoms with E-state index < -0.39 is 0 Å². The average Bonchev–Trinajstić information content (AvgIpc) is 2.79. The molecule has 0 fully saturated rings. The highest BCUT2D eigenvalue weighted by Crippen LogP contribution is 2.14. The van der Waals surface area contributed by atoms with Crippen LogP contribution in [-0.2, 0) is 4.79 Å². The first kappa shape index (κ1) is 41.5. The molecular formula is C29H62Cl3NO. The van der Waals surface area contributed by atoms with Crippen molar-refractivity contribution in [3.05, 3.63) is 0 Å². The van der Waals surface area contributed by atoms with E-state index in [-0.39, 0.29) is 37.2 Å². The van der Waals surface area contributed by atoms with Crippen molar-refractivity contribution in [2.75, 3.05) is 13.1 Å². The summed E-state index contributed by atoms with van der Waals surface area (Å²) < 4.78 is 0. The summed E-state index contributed by atoms with van der Waals surface area (Å²) in [5.74, 6) is 0.360. The van der Waals surface area contributed by atoms with Crippen LogP contribution in [0.15, 0.2) is 0 Å². The minimum absolute atomic E-state index is 0. The SMILES string of the molecule is CCCCCCCCCCCCCCN(CCCCCCCCCCCC)C(=O)CC.Cl.Cl.Cl. The van der Waals surface area contributed by atoms with Gasteiger partial charge in [0.25, 0.3) is 0 Å². The number of carbonyl (C=O) groups excluding carboxylic acids is 1. The highest BCUT2D eigenvalue weighted by Gasteiger charge is 2.10. The Morgan fingerprint density at radius 3 is 0.882 bits per heavy atom. The first-order chi connectivity index (χ1) is 15.3. The molecule has 0 bridgehead atoms. The van der Waals surface area contributed by atoms with Crippen LogP contribution in [0.5, 0.6) is 0 Å². The van der Waals surface area contributed by atoms with E-state index in [1.807, 2.05) is 6.92 Å². The van der Waals surface area contributed by atoms with Gasteiger partial charge in [-0.1, -0.05) is 149 Å². The lowest BCUT2D eigenvalue weighted by Gasteiger charge is -2.22. The molecule has 210 valence electrons. The molecule has 0 aliphatic rings. The van der Waals surface area contributed by atoms with Crippen molar-refractivity contribution in [1.29, 1.82) is 0 Å². The van der Waals surface area contributed by atoms with Crippen LogP contribution in [0.25, 0.3) is 0 Å². The molecule has 1 amide bonds. The maximum Gasteiger partial charge on any atom is 0.222 e. The molecule has 34 heavy (non-hydrogen) atoms. The predicted octanol–water partition coefficient (Wildman–Crippen LogP) is 11.1. The molecule has 0 atom stereocenters. The zero-order valence-corrected chi connectivity index (χ0v) is 25.7. The van der Waals surface area contributed by atoms with E-state index in [9.17, 15) is 4.79 Å². The van der Waals surface area contributed by atoms with Crippen molar-refractivity contribution in [3.8, 4) is 0 Å². The van der Waals surface area contributed by atoms with E-state index in [4.69, 9.17) is 0 Å². The van der Waals surface area contributed by atoms with Crippen LogP contribution in [0.1, 0.15) is 168 Å². The summed E-state index contributed by atoms with van der Waals surface area (Å²) in [7, 11) is 0. The molecule has 0 rings (SSSR count). The van der Waals surface area contributed by atoms with Gasteiger partial charge in [0.15, 0.2) is 0 Å². The van der Waals surface area contributed by atoms with E-state index in [1.165, 1.54) is 141 Å². The Bertz CT molecular complexity index is 369. The van der Waals surface area contributed by atoms with Crippen LogP contribution in [0.4, 0.5) is 0 Å². The third-order valence-electron chi connectivity index (χ3n) is 6.72. The van der Waals surface area contributed by atoms with Crippen molar-refractivity contribution >= 4 is 43.1 Å². The minimum atomic E-state index is 0. The summed E-state index contributed by atoms with van der Waals surface area (Å²) in [5.41, 5.74) is 0. The Morgan fingerprint density at radius 2 is 0.647 bits per heavy atom. The van der Waals surface area contributed by atoms with Gasteiger partial charge in [0.1, 0.15) is 0 Å². The van der Waals surface area contributed by atoms with Gasteiger partial charge in [-0.25, -0.2) is 0 Å². The van der Waals surface area contributed by atoms with Gasteiger partial charge >= 0.3 is 0 Å². The van der Waals surface area contributed by atoms with Crippen LogP contribution in [-0.4, -0.2) is 23.9 Å². The second-order valence-corrected chi connectivity index (χ2v) is 9.81. The molecule has 0 spiro atoms. The molecule has 0 saturated carbocycles. The van der Waals surface area contributed by atoms with E-state index >= 15 is 0 Å². The van der Waals surface area contributed by atoms with Crippen molar-refractivity contribution in [3.63, 3.8) is 0 Å². The largest absolute Gasteiger partial charge is 0.343 e. The monoisotopic (exact) mass is 545 g/mol. The maximum absolute atomic E-state index is 12.3. The molecule has 0 aromatic heterocycles. The van der Waals surface area contributed by atoms with Crippen molar-refractivity contribution in [2.24, 2.45) is 0 Å². The van der Waals surface area contributed by atoms with Crippen LogP contribution in [0, 0.1) is 0 Å². The highest BCUT2D eigenvalue weighted by atomic mass is 35.5. The summed E-state index contributed by atoms with van der Waals surface area (Å²) in [5, 5.41) is 0. The second-order valence-electron chi connectivity index (χ2n) is 9.81. The fourth-order valence-corrected chi connectivity index (χ4v) is 4.52. The molecule has 0 N–H and O–H groups in total. The van der Waals surface area contributed by atoms with Gasteiger partial charge in [-0.3, -0.25) is 4.79 Å². The van der Waals surface area contributed by atoms with Gasteiger partial charge < -0.3 is 4.90 Å². The lowest BCUT2D eigenvalue weighted by atomic mass is 10.0. The number of carbonyl (C=O) groups is 1. The predicted molar refractivity (Wildman–Crippen MR) is 162 cm³/mol. The average molecular weight is 547 g/mol. The number of nitrogens with zero attached hydrogens (tertiary/aromatic N) is 1. The smallest absolute Gasteiger partial charge is 0.222 e. The summed E-state index contributed by atoms with van der Waals surface area (Å²) in [6.45, 7) is 8.55. The molecule has 0 unspecified atom stereocenters. The minimum Gasteiger partial charge on any atom is -0.343 e. The first-order valence-electron chi connectivity index (χ1n) is 14.5. The topological polar surface area (TPSA) is 20.3 Å². The molecule has 5 heteroatoms. The lowest BCUT2D eigenvalue weighted by Crippen LogP contribution is -2.32. The molecule has 0 aromatic rings. The maximum atomic E-state index is 12.3. The van der Waals surface area contributed by atoms with E-state index in [1.54, 1.807) is 0 Å². The van der Waals surface area contributed by atoms with Crippen LogP contribution < -0.4 is 0 Å². The molecule has 0 aliphatic carbocycles. The Morgan fingerprint density at radius 1 is 0.412 bits per heavy atom. The number of unbranched alkanes of at least 4 members (excludes halogenated alkanes) is 20. The normalized spacial score (nSPS) is 10.2. The Hall–Kier alpha value is 0.340. The van der Waals surface area contributed by atoms with Gasteiger partial charge in [0.2, 0.25) is 5.91 Å². The van der Waals surface area contributed by atoms with Crippen molar-refractivity contribution in [2.45, 2.75) is 168 Å². The Labute approximate surface area is 233 Å². The summed E-state index contributed by atoms with van der Waals surface area (Å²) >= 11 is 0. The Kier molecular flexibility index (Phi) is 43.3. The number of hydrogen-bond donors (Lipinski definition) is 0. The molecule has 0 saturated heterocycles. The van der Waals surface area contributed by atoms with Crippen molar-refractivity contribution in [1.82, 2.24) is 4.90 Å². The van der Waals surface area contributed by atoms with E-state index in [0.29, 0.717) is 12.3 Å². The molecule has 0 radical (unpaired) electrons. The fourth-order valence-electron chi connectivity index (χ4n) is 4.52. The molecule has 0 heterocycles. The van der Waals surface area contributed by atoms with Crippen LogP contribution in [0.2, 0.25) is 0 Å². The zero-order valence-electron chi connectivity index (χ0n) is 23.3. The second kappa shape index (κ2) is 35.5. The summed E-state index contributed by atoms with van der Waals surface area (Å²) in [6, 6.07) is 0. The quantitative estimate of drug-likeness (QED) is 0.104. The summed E-state index contributed by atoms with van der Waals surface area (Å²) in [6.07, 6.45) is 30.8. The van der Waals surface area contributed by atoms with E-state index in [2.05, 4.69) is 18.7 Å². The molecule has 0 aromatic carbocycles. The fraction of sp³-hybridized carbons (Fsp3) is 0.966. The number of halogens is 3. The van der Waals surface area contributed by atoms with Gasteiger partial charge in [0.05, 0.1) is 0 Å². The number of hydrogen-bond acceptors (Lipinski definition) is 1. The third-order valence-corrected chi connectivity index (χ3v) is 6.72. The van der Waals surface area contributed by atoms with Crippen LogP contribution >= 0.6 is 37.2 Å². The van der Waals surface area contributed by atoms with Gasteiger partial charge in [-0.05, 0) is 12.8 Å². The molecular weight excluding hydrogens is 485 g/mol. The highest BCUT2D eigenvalue weighted by molar-refractivity contribution is 5.86. The summed E-state index contributed by atoms with van der Waals surface area (Å²) in [4.78, 5) is 14.4. The standard InChI is InChI=1S/C29H59NO.3ClH/c1-4-7-9-11-13-15-17-18-20-22-24-26-28-30(29(31)6-3)27-25-23-21-19-16-14-12-10-8-5-2;;;/h4-28H2,1-3H3;3*1H. The third kappa shape index (κ3) is 30.4. The first-order valence-corrected chi connectivity index (χ1v) is 14.5.